The molecule has 2 saturated heterocycles. The fraction of sp³-hybridized carbons (Fsp3) is 0.375. The van der Waals surface area contributed by atoms with Crippen molar-refractivity contribution in [3.63, 3.8) is 0 Å². The number of fused-ring (bicyclic) bond motifs is 5. The molecule has 0 aliphatic carbocycles. The highest BCUT2D eigenvalue weighted by Gasteiger charge is 2.72. The molecule has 33 heavy (non-hydrogen) atoms. The van der Waals surface area contributed by atoms with Gasteiger partial charge in [0, 0.05) is 17.5 Å². The van der Waals surface area contributed by atoms with E-state index < -0.39 is 47.1 Å². The molecule has 0 saturated carbocycles. The molecule has 0 aromatic heterocycles. The standard InChI is InChI=1S/C24H23FN2O6/c1-4-32-21(28)19-17-12-33-18-11-15(31-3)9-10-16(18)20(17)27-23(30)26(22(29)24(19,27)2)14-7-5-13(25)6-8-14/h5-11,17,19-20H,4,12H2,1-3H3/t17-,19+,20+,24-/m1/s1. The monoisotopic (exact) mass is 454 g/mol. The van der Waals surface area contributed by atoms with Gasteiger partial charge in [-0.2, -0.15) is 0 Å². The minimum absolute atomic E-state index is 0.136. The summed E-state index contributed by atoms with van der Waals surface area (Å²) in [6, 6.07) is 9.22. The molecule has 0 unspecified atom stereocenters. The molecule has 0 spiro atoms. The predicted molar refractivity (Wildman–Crippen MR) is 114 cm³/mol. The van der Waals surface area contributed by atoms with Gasteiger partial charge < -0.3 is 19.1 Å². The van der Waals surface area contributed by atoms with Crippen LogP contribution >= 0.6 is 0 Å². The van der Waals surface area contributed by atoms with Crippen LogP contribution in [0.4, 0.5) is 14.9 Å². The minimum Gasteiger partial charge on any atom is -0.497 e. The van der Waals surface area contributed by atoms with Crippen LogP contribution in [0, 0.1) is 17.7 Å². The van der Waals surface area contributed by atoms with Crippen LogP contribution in [0.2, 0.25) is 0 Å². The fourth-order valence-electron chi connectivity index (χ4n) is 5.41. The van der Waals surface area contributed by atoms with Crippen molar-refractivity contribution in [3.8, 4) is 11.5 Å². The van der Waals surface area contributed by atoms with E-state index in [0.717, 1.165) is 4.90 Å². The van der Waals surface area contributed by atoms with E-state index in [1.165, 1.54) is 29.2 Å². The summed E-state index contributed by atoms with van der Waals surface area (Å²) in [5.41, 5.74) is -0.562. The number of benzene rings is 2. The molecule has 0 radical (unpaired) electrons. The Kier molecular flexibility index (Phi) is 4.81. The van der Waals surface area contributed by atoms with Crippen LogP contribution in [0.25, 0.3) is 0 Å². The van der Waals surface area contributed by atoms with Crippen molar-refractivity contribution in [3.05, 3.63) is 53.8 Å². The summed E-state index contributed by atoms with van der Waals surface area (Å²) in [4.78, 5) is 43.1. The fourth-order valence-corrected chi connectivity index (χ4v) is 5.41. The quantitative estimate of drug-likeness (QED) is 0.521. The SMILES string of the molecule is CCOC(=O)[C@@H]1[C@H]2COc3cc(OC)ccc3[C@@H]2N2C(=O)N(c3ccc(F)cc3)C(=O)[C@@]12C. The van der Waals surface area contributed by atoms with Gasteiger partial charge in [-0.05, 0) is 50.2 Å². The van der Waals surface area contributed by atoms with Crippen molar-refractivity contribution in [2.45, 2.75) is 25.4 Å². The normalized spacial score (nSPS) is 27.6. The number of anilines is 1. The lowest BCUT2D eigenvalue weighted by molar-refractivity contribution is -0.154. The third kappa shape index (κ3) is 2.84. The number of hydrogen-bond acceptors (Lipinski definition) is 6. The number of methoxy groups -OCH3 is 1. The van der Waals surface area contributed by atoms with Gasteiger partial charge in [-0.15, -0.1) is 0 Å². The molecule has 2 fully saturated rings. The van der Waals surface area contributed by atoms with Crippen molar-refractivity contribution in [1.82, 2.24) is 4.90 Å². The van der Waals surface area contributed by atoms with Crippen LogP contribution in [0.3, 0.4) is 0 Å². The van der Waals surface area contributed by atoms with Gasteiger partial charge in [0.15, 0.2) is 0 Å². The van der Waals surface area contributed by atoms with E-state index in [4.69, 9.17) is 14.2 Å². The molecule has 3 aliphatic heterocycles. The minimum atomic E-state index is -1.49. The molecular formula is C24H23FN2O6. The number of nitrogens with zero attached hydrogens (tertiary/aromatic N) is 2. The number of amides is 3. The van der Waals surface area contributed by atoms with Crippen LogP contribution < -0.4 is 14.4 Å². The first-order valence-corrected chi connectivity index (χ1v) is 10.7. The Hall–Kier alpha value is -3.62. The van der Waals surface area contributed by atoms with Crippen molar-refractivity contribution < 1.29 is 33.0 Å². The molecule has 4 atom stereocenters. The predicted octanol–water partition coefficient (Wildman–Crippen LogP) is 3.30. The summed E-state index contributed by atoms with van der Waals surface area (Å²) in [6.45, 7) is 3.56. The number of urea groups is 1. The average Bonchev–Trinajstić information content (AvgIpc) is 3.19. The summed E-state index contributed by atoms with van der Waals surface area (Å²) in [7, 11) is 1.54. The Morgan fingerprint density at radius 3 is 2.61 bits per heavy atom. The second-order valence-corrected chi connectivity index (χ2v) is 8.47. The second kappa shape index (κ2) is 7.47. The Morgan fingerprint density at radius 1 is 1.21 bits per heavy atom. The zero-order valence-electron chi connectivity index (χ0n) is 18.4. The Morgan fingerprint density at radius 2 is 1.94 bits per heavy atom. The number of hydrogen-bond donors (Lipinski definition) is 0. The van der Waals surface area contributed by atoms with Crippen molar-refractivity contribution >= 4 is 23.6 Å². The van der Waals surface area contributed by atoms with Crippen LogP contribution in [-0.2, 0) is 14.3 Å². The van der Waals surface area contributed by atoms with E-state index in [9.17, 15) is 18.8 Å². The highest BCUT2D eigenvalue weighted by atomic mass is 19.1. The zero-order valence-corrected chi connectivity index (χ0v) is 18.4. The largest absolute Gasteiger partial charge is 0.497 e. The molecule has 172 valence electrons. The van der Waals surface area contributed by atoms with Crippen LogP contribution in [0.5, 0.6) is 11.5 Å². The average molecular weight is 454 g/mol. The number of carbonyl (C=O) groups is 3. The van der Waals surface area contributed by atoms with E-state index in [-0.39, 0.29) is 18.9 Å². The van der Waals surface area contributed by atoms with Gasteiger partial charge in [0.2, 0.25) is 0 Å². The first-order chi connectivity index (χ1) is 15.8. The maximum absolute atomic E-state index is 13.8. The second-order valence-electron chi connectivity index (χ2n) is 8.47. The first kappa shape index (κ1) is 21.2. The third-order valence-corrected chi connectivity index (χ3v) is 6.85. The molecule has 2 aromatic carbocycles. The van der Waals surface area contributed by atoms with E-state index in [0.29, 0.717) is 17.1 Å². The zero-order chi connectivity index (χ0) is 23.5. The first-order valence-electron chi connectivity index (χ1n) is 10.7. The lowest BCUT2D eigenvalue weighted by Crippen LogP contribution is -2.51. The van der Waals surface area contributed by atoms with Crippen LogP contribution in [0.15, 0.2) is 42.5 Å². The Bertz CT molecular complexity index is 1150. The third-order valence-electron chi connectivity index (χ3n) is 6.85. The molecule has 8 nitrogen and oxygen atoms in total. The molecule has 0 bridgehead atoms. The number of rotatable bonds is 4. The smallest absolute Gasteiger partial charge is 0.332 e. The summed E-state index contributed by atoms with van der Waals surface area (Å²) < 4.78 is 30.1. The summed E-state index contributed by atoms with van der Waals surface area (Å²) >= 11 is 0. The van der Waals surface area contributed by atoms with Gasteiger partial charge in [0.25, 0.3) is 5.91 Å². The van der Waals surface area contributed by atoms with Gasteiger partial charge in [0.1, 0.15) is 22.9 Å². The number of ether oxygens (including phenoxy) is 3. The number of carbonyl (C=O) groups excluding carboxylic acids is 3. The lowest BCUT2D eigenvalue weighted by atomic mass is 9.77. The molecule has 3 heterocycles. The topological polar surface area (TPSA) is 85.4 Å². The van der Waals surface area contributed by atoms with Gasteiger partial charge in [-0.3, -0.25) is 9.59 Å². The summed E-state index contributed by atoms with van der Waals surface area (Å²) in [5.74, 6) is -1.88. The summed E-state index contributed by atoms with van der Waals surface area (Å²) in [6.07, 6.45) is 0. The van der Waals surface area contributed by atoms with Crippen LogP contribution in [-0.4, -0.2) is 48.7 Å². The molecule has 9 heteroatoms. The Labute approximate surface area is 189 Å². The molecule has 3 aliphatic rings. The molecule has 3 amide bonds. The summed E-state index contributed by atoms with van der Waals surface area (Å²) in [5, 5.41) is 0. The van der Waals surface area contributed by atoms with E-state index in [1.54, 1.807) is 39.2 Å². The maximum atomic E-state index is 13.8. The van der Waals surface area contributed by atoms with Crippen molar-refractivity contribution in [1.29, 1.82) is 0 Å². The van der Waals surface area contributed by atoms with Crippen molar-refractivity contribution in [2.24, 2.45) is 11.8 Å². The van der Waals surface area contributed by atoms with Gasteiger partial charge >= 0.3 is 12.0 Å². The van der Waals surface area contributed by atoms with Gasteiger partial charge in [-0.25, -0.2) is 14.1 Å². The van der Waals surface area contributed by atoms with E-state index in [2.05, 4.69) is 0 Å². The number of halogens is 1. The van der Waals surface area contributed by atoms with Crippen molar-refractivity contribution in [2.75, 3.05) is 25.2 Å². The van der Waals surface area contributed by atoms with Gasteiger partial charge in [-0.1, -0.05) is 0 Å². The van der Waals surface area contributed by atoms with E-state index in [1.807, 2.05) is 0 Å². The molecule has 5 rings (SSSR count). The highest BCUT2D eigenvalue weighted by molar-refractivity contribution is 6.24. The molecule has 0 N–H and O–H groups in total. The van der Waals surface area contributed by atoms with Crippen LogP contribution in [0.1, 0.15) is 25.5 Å². The molecular weight excluding hydrogens is 431 g/mol. The van der Waals surface area contributed by atoms with Gasteiger partial charge in [0.05, 0.1) is 38.0 Å². The lowest BCUT2D eigenvalue weighted by Gasteiger charge is -2.34. The molecule has 2 aromatic rings. The highest BCUT2D eigenvalue weighted by Crippen LogP contribution is 2.58. The van der Waals surface area contributed by atoms with E-state index >= 15 is 0 Å². The number of imide groups is 1. The maximum Gasteiger partial charge on any atom is 0.332 e. The Balaban J connectivity index is 1.66. The number of esters is 1.